The predicted molar refractivity (Wildman–Crippen MR) is 34.9 cm³/mol. The van der Waals surface area contributed by atoms with E-state index in [4.69, 9.17) is 5.11 Å². The van der Waals surface area contributed by atoms with Crippen molar-refractivity contribution in [3.8, 4) is 0 Å². The van der Waals surface area contributed by atoms with Crippen LogP contribution >= 0.6 is 0 Å². The quantitative estimate of drug-likeness (QED) is 0.494. The van der Waals surface area contributed by atoms with Crippen molar-refractivity contribution in [3.05, 3.63) is 0 Å². The number of hydrogen-bond acceptors (Lipinski definition) is 2. The van der Waals surface area contributed by atoms with Gasteiger partial charge in [0.25, 0.3) is 0 Å². The van der Waals surface area contributed by atoms with Crippen molar-refractivity contribution in [2.24, 2.45) is 0 Å². The van der Waals surface area contributed by atoms with Crippen LogP contribution in [0, 0.1) is 0 Å². The molecule has 1 rings (SSSR count). The molecule has 1 heterocycles. The van der Waals surface area contributed by atoms with Gasteiger partial charge in [-0.15, -0.1) is 0 Å². The lowest BCUT2D eigenvalue weighted by Crippen LogP contribution is -2.15. The minimum Gasteiger partial charge on any atom is -0.392 e. The van der Waals surface area contributed by atoms with Crippen LogP contribution in [-0.2, 0) is 0 Å². The molecule has 0 radical (unpaired) electrons. The number of aliphatic hydroxyl groups excluding tert-OH is 1. The molecule has 1 atom stereocenters. The molecule has 1 saturated heterocycles. The minimum atomic E-state index is -0.0509. The molecular weight excluding hydrogens is 102 g/mol. The van der Waals surface area contributed by atoms with Crippen molar-refractivity contribution in [1.29, 1.82) is 0 Å². The fourth-order valence-corrected chi connectivity index (χ4v) is 0.912. The number of β-amino-alcohol motifs (C(OH)–C–C–N with tert-alkyl or cyclic N) is 1. The van der Waals surface area contributed by atoms with Crippen LogP contribution in [0.4, 0.5) is 0 Å². The van der Waals surface area contributed by atoms with Crippen LogP contribution in [-0.4, -0.2) is 36.2 Å². The molecule has 0 saturated carbocycles. The van der Waals surface area contributed by atoms with Crippen molar-refractivity contribution in [3.63, 3.8) is 0 Å². The maximum Gasteiger partial charge on any atom is 0.0679 e. The summed E-state index contributed by atoms with van der Waals surface area (Å²) in [6.45, 7) is 1.92. The van der Waals surface area contributed by atoms with E-state index in [1.807, 2.05) is 7.05 Å². The fourth-order valence-electron chi connectivity index (χ4n) is 0.912. The van der Waals surface area contributed by atoms with Crippen molar-refractivity contribution < 1.29 is 5.11 Å². The van der Waals surface area contributed by atoms with E-state index in [0.29, 0.717) is 0 Å². The zero-order valence-corrected chi connectivity index (χ0v) is 4.59. The number of likely N-dealkylation sites (tertiary alicyclic amines) is 1. The zero-order valence-electron chi connectivity index (χ0n) is 4.59. The molecule has 1 aliphatic rings. The first-order valence-corrected chi connectivity index (χ1v) is 2.65. The van der Waals surface area contributed by atoms with Crippen molar-refractivity contribution in [2.75, 3.05) is 20.1 Å². The standard InChI is InChI=1S/C5H11NO.CH4/c1-6-3-2-5(7)4-6;/h5,7H,2-4H2,1H3;1H4/t5-;/m0./s1. The molecule has 2 heteroatoms. The van der Waals surface area contributed by atoms with Gasteiger partial charge >= 0.3 is 0 Å². The molecule has 0 aromatic heterocycles. The third-order valence-corrected chi connectivity index (χ3v) is 1.37. The van der Waals surface area contributed by atoms with Crippen molar-refractivity contribution >= 4 is 0 Å². The monoisotopic (exact) mass is 117 g/mol. The summed E-state index contributed by atoms with van der Waals surface area (Å²) in [5.41, 5.74) is 0. The topological polar surface area (TPSA) is 23.5 Å². The molecule has 2 nitrogen and oxygen atoms in total. The van der Waals surface area contributed by atoms with Gasteiger partial charge in [-0.1, -0.05) is 7.43 Å². The minimum absolute atomic E-state index is 0. The summed E-state index contributed by atoms with van der Waals surface area (Å²) >= 11 is 0. The van der Waals surface area contributed by atoms with E-state index in [1.165, 1.54) is 0 Å². The summed E-state index contributed by atoms with van der Waals surface area (Å²) in [6.07, 6.45) is 0.904. The average molecular weight is 117 g/mol. The summed E-state index contributed by atoms with van der Waals surface area (Å²) in [5, 5.41) is 8.86. The number of hydrogen-bond donors (Lipinski definition) is 1. The highest BCUT2D eigenvalue weighted by molar-refractivity contribution is 4.70. The van der Waals surface area contributed by atoms with E-state index in [9.17, 15) is 0 Å². The molecule has 1 fully saturated rings. The third kappa shape index (κ3) is 1.80. The molecule has 0 amide bonds. The van der Waals surface area contributed by atoms with Crippen LogP contribution in [0.25, 0.3) is 0 Å². The first-order chi connectivity index (χ1) is 3.29. The van der Waals surface area contributed by atoms with E-state index in [0.717, 1.165) is 19.5 Å². The Morgan fingerprint density at radius 1 is 1.62 bits per heavy atom. The summed E-state index contributed by atoms with van der Waals surface area (Å²) in [6, 6.07) is 0. The highest BCUT2D eigenvalue weighted by atomic mass is 16.3. The highest BCUT2D eigenvalue weighted by Crippen LogP contribution is 2.03. The number of likely N-dealkylation sites (N-methyl/N-ethyl adjacent to an activating group) is 1. The van der Waals surface area contributed by atoms with Crippen LogP contribution in [0.1, 0.15) is 13.8 Å². The summed E-state index contributed by atoms with van der Waals surface area (Å²) in [4.78, 5) is 2.13. The molecule has 0 aliphatic carbocycles. The SMILES string of the molecule is C.CN1CC[C@H](O)C1. The van der Waals surface area contributed by atoms with Gasteiger partial charge in [-0.05, 0) is 13.5 Å². The van der Waals surface area contributed by atoms with Gasteiger partial charge in [0.1, 0.15) is 0 Å². The van der Waals surface area contributed by atoms with Gasteiger partial charge < -0.3 is 10.0 Å². The lowest BCUT2D eigenvalue weighted by atomic mass is 10.3. The second-order valence-electron chi connectivity index (χ2n) is 2.20. The normalized spacial score (nSPS) is 30.0. The first kappa shape index (κ1) is 7.92. The molecular formula is C6H15NO. The van der Waals surface area contributed by atoms with E-state index in [2.05, 4.69) is 4.90 Å². The predicted octanol–water partition coefficient (Wildman–Crippen LogP) is 0.319. The van der Waals surface area contributed by atoms with E-state index in [1.54, 1.807) is 0 Å². The van der Waals surface area contributed by atoms with Crippen LogP contribution in [0.3, 0.4) is 0 Å². The van der Waals surface area contributed by atoms with Gasteiger partial charge in [0.05, 0.1) is 6.10 Å². The largest absolute Gasteiger partial charge is 0.392 e. The molecule has 50 valence electrons. The van der Waals surface area contributed by atoms with Gasteiger partial charge in [-0.2, -0.15) is 0 Å². The zero-order chi connectivity index (χ0) is 5.28. The molecule has 8 heavy (non-hydrogen) atoms. The van der Waals surface area contributed by atoms with E-state index >= 15 is 0 Å². The van der Waals surface area contributed by atoms with Crippen LogP contribution in [0.5, 0.6) is 0 Å². The van der Waals surface area contributed by atoms with Crippen LogP contribution in [0.2, 0.25) is 0 Å². The fraction of sp³-hybridized carbons (Fsp3) is 1.00. The van der Waals surface area contributed by atoms with Gasteiger partial charge in [-0.25, -0.2) is 0 Å². The molecule has 0 aromatic rings. The summed E-state index contributed by atoms with van der Waals surface area (Å²) in [5.74, 6) is 0. The average Bonchev–Trinajstić information content (AvgIpc) is 1.87. The Labute approximate surface area is 51.1 Å². The smallest absolute Gasteiger partial charge is 0.0679 e. The number of rotatable bonds is 0. The number of aliphatic hydroxyl groups is 1. The Kier molecular flexibility index (Phi) is 3.02. The first-order valence-electron chi connectivity index (χ1n) is 2.65. The summed E-state index contributed by atoms with van der Waals surface area (Å²) < 4.78 is 0. The second kappa shape index (κ2) is 3.05. The Morgan fingerprint density at radius 3 is 2.38 bits per heavy atom. The van der Waals surface area contributed by atoms with Crippen LogP contribution < -0.4 is 0 Å². The number of nitrogens with zero attached hydrogens (tertiary/aromatic N) is 1. The van der Waals surface area contributed by atoms with Crippen molar-refractivity contribution in [1.82, 2.24) is 4.90 Å². The second-order valence-corrected chi connectivity index (χ2v) is 2.20. The van der Waals surface area contributed by atoms with E-state index in [-0.39, 0.29) is 13.5 Å². The van der Waals surface area contributed by atoms with Gasteiger partial charge in [0, 0.05) is 13.1 Å². The van der Waals surface area contributed by atoms with E-state index < -0.39 is 0 Å². The van der Waals surface area contributed by atoms with Gasteiger partial charge in [0.15, 0.2) is 0 Å². The summed E-state index contributed by atoms with van der Waals surface area (Å²) in [7, 11) is 2.02. The molecule has 1 aliphatic heterocycles. The molecule has 0 spiro atoms. The van der Waals surface area contributed by atoms with Crippen molar-refractivity contribution in [2.45, 2.75) is 20.0 Å². The van der Waals surface area contributed by atoms with Crippen LogP contribution in [0.15, 0.2) is 0 Å². The van der Waals surface area contributed by atoms with Gasteiger partial charge in [-0.3, -0.25) is 0 Å². The maximum absolute atomic E-state index is 8.86. The lowest BCUT2D eigenvalue weighted by molar-refractivity contribution is 0.183. The maximum atomic E-state index is 8.86. The Hall–Kier alpha value is -0.0800. The highest BCUT2D eigenvalue weighted by Gasteiger charge is 2.14. The lowest BCUT2D eigenvalue weighted by Gasteiger charge is -2.02. The molecule has 1 N–H and O–H groups in total. The molecule has 0 bridgehead atoms. The molecule has 0 aromatic carbocycles. The van der Waals surface area contributed by atoms with Gasteiger partial charge in [0.2, 0.25) is 0 Å². The Balaban J connectivity index is 0.000000490. The Morgan fingerprint density at radius 2 is 2.25 bits per heavy atom. The molecule has 0 unspecified atom stereocenters. The third-order valence-electron chi connectivity index (χ3n) is 1.37. The Bertz CT molecular complexity index is 57.5.